The lowest BCUT2D eigenvalue weighted by Crippen LogP contribution is -1.97. The molecule has 0 aliphatic heterocycles. The molecule has 0 spiro atoms. The molecule has 1 aromatic heterocycles. The number of rotatable bonds is 6. The number of hydrogen-bond acceptors (Lipinski definition) is 5. The van der Waals surface area contributed by atoms with Crippen LogP contribution in [-0.2, 0) is 13.0 Å². The normalized spacial score (nSPS) is 10.4. The summed E-state index contributed by atoms with van der Waals surface area (Å²) in [6.07, 6.45) is 0.410. The van der Waals surface area contributed by atoms with Crippen molar-refractivity contribution in [1.29, 1.82) is 5.26 Å². The number of benzene rings is 1. The van der Waals surface area contributed by atoms with Crippen LogP contribution in [0.4, 0.5) is 0 Å². The highest BCUT2D eigenvalue weighted by atomic mass is 32.1. The van der Waals surface area contributed by atoms with E-state index < -0.39 is 0 Å². The molecule has 0 fully saturated rings. The molecule has 2 rings (SSSR count). The first kappa shape index (κ1) is 15.3. The number of aromatic nitrogens is 1. The number of nitriles is 1. The molecule has 0 atom stereocenters. The summed E-state index contributed by atoms with van der Waals surface area (Å²) in [5, 5.41) is 9.78. The van der Waals surface area contributed by atoms with Crippen LogP contribution in [-0.4, -0.2) is 12.1 Å². The third kappa shape index (κ3) is 3.96. The molecule has 4 nitrogen and oxygen atoms in total. The minimum Gasteiger partial charge on any atom is -0.497 e. The third-order valence-corrected chi connectivity index (χ3v) is 4.02. The molecule has 1 heterocycles. The van der Waals surface area contributed by atoms with Gasteiger partial charge in [-0.25, -0.2) is 4.98 Å². The molecule has 0 saturated heterocycles. The minimum absolute atomic E-state index is 0.319. The molecule has 0 aliphatic rings. The highest BCUT2D eigenvalue weighted by Gasteiger charge is 2.14. The van der Waals surface area contributed by atoms with Gasteiger partial charge in [0.25, 0.3) is 0 Å². The van der Waals surface area contributed by atoms with E-state index in [1.54, 1.807) is 18.4 Å². The predicted octanol–water partition coefficient (Wildman–Crippen LogP) is 3.92. The van der Waals surface area contributed by atoms with Gasteiger partial charge in [0, 0.05) is 4.88 Å². The maximum absolute atomic E-state index is 8.88. The summed E-state index contributed by atoms with van der Waals surface area (Å²) < 4.78 is 10.8. The molecule has 2 aromatic rings. The number of hydrogen-bond donors (Lipinski definition) is 0. The van der Waals surface area contributed by atoms with Gasteiger partial charge in [0.05, 0.1) is 25.3 Å². The van der Waals surface area contributed by atoms with Crippen molar-refractivity contribution in [2.45, 2.75) is 32.8 Å². The summed E-state index contributed by atoms with van der Waals surface area (Å²) in [6.45, 7) is 4.59. The number of ether oxygens (including phenoxy) is 2. The van der Waals surface area contributed by atoms with Crippen LogP contribution < -0.4 is 9.47 Å². The van der Waals surface area contributed by atoms with Crippen molar-refractivity contribution in [2.75, 3.05) is 7.11 Å². The van der Waals surface area contributed by atoms with E-state index in [1.165, 1.54) is 0 Å². The van der Waals surface area contributed by atoms with Gasteiger partial charge in [-0.2, -0.15) is 5.26 Å². The fourth-order valence-corrected chi connectivity index (χ4v) is 3.01. The van der Waals surface area contributed by atoms with Crippen molar-refractivity contribution in [3.05, 3.63) is 39.8 Å². The molecule has 0 amide bonds. The Balaban J connectivity index is 2.05. The summed E-state index contributed by atoms with van der Waals surface area (Å²) in [5.74, 6) is 1.90. The molecule has 21 heavy (non-hydrogen) atoms. The van der Waals surface area contributed by atoms with Crippen LogP contribution in [0.5, 0.6) is 11.5 Å². The number of methoxy groups -OCH3 is 1. The summed E-state index contributed by atoms with van der Waals surface area (Å²) in [6, 6.07) is 9.65. The Labute approximate surface area is 129 Å². The highest BCUT2D eigenvalue weighted by molar-refractivity contribution is 7.11. The van der Waals surface area contributed by atoms with Gasteiger partial charge in [0.1, 0.15) is 23.1 Å². The second kappa shape index (κ2) is 7.09. The van der Waals surface area contributed by atoms with Gasteiger partial charge in [0.2, 0.25) is 0 Å². The van der Waals surface area contributed by atoms with Crippen LogP contribution in [0.25, 0.3) is 0 Å². The van der Waals surface area contributed by atoms with Gasteiger partial charge in [0.15, 0.2) is 0 Å². The van der Waals surface area contributed by atoms with Crippen molar-refractivity contribution in [1.82, 2.24) is 4.98 Å². The lowest BCUT2D eigenvalue weighted by Gasteiger charge is -2.05. The second-order valence-corrected chi connectivity index (χ2v) is 6.04. The third-order valence-electron chi connectivity index (χ3n) is 2.98. The quantitative estimate of drug-likeness (QED) is 0.811. The maximum atomic E-state index is 8.88. The van der Waals surface area contributed by atoms with Crippen LogP contribution in [0, 0.1) is 11.3 Å². The van der Waals surface area contributed by atoms with Crippen LogP contribution in [0.15, 0.2) is 24.3 Å². The highest BCUT2D eigenvalue weighted by Crippen LogP contribution is 2.26. The molecule has 110 valence electrons. The maximum Gasteiger partial charge on any atom is 0.140 e. The van der Waals surface area contributed by atoms with E-state index in [0.29, 0.717) is 18.9 Å². The van der Waals surface area contributed by atoms with Gasteiger partial charge < -0.3 is 9.47 Å². The van der Waals surface area contributed by atoms with Crippen LogP contribution in [0.1, 0.15) is 35.3 Å². The Kier molecular flexibility index (Phi) is 5.18. The molecular weight excluding hydrogens is 284 g/mol. The van der Waals surface area contributed by atoms with Gasteiger partial charge in [-0.15, -0.1) is 11.3 Å². The second-order valence-electron chi connectivity index (χ2n) is 4.87. The predicted molar refractivity (Wildman–Crippen MR) is 82.8 cm³/mol. The monoisotopic (exact) mass is 302 g/mol. The Hall–Kier alpha value is -2.06. The van der Waals surface area contributed by atoms with Gasteiger partial charge >= 0.3 is 0 Å². The first-order valence-corrected chi connectivity index (χ1v) is 7.58. The minimum atomic E-state index is 0.319. The Morgan fingerprint density at radius 3 is 2.48 bits per heavy atom. The van der Waals surface area contributed by atoms with E-state index >= 15 is 0 Å². The van der Waals surface area contributed by atoms with Gasteiger partial charge in [-0.05, 0) is 30.2 Å². The number of thiazole rings is 1. The fourth-order valence-electron chi connectivity index (χ4n) is 1.94. The lowest BCUT2D eigenvalue weighted by molar-refractivity contribution is 0.304. The zero-order chi connectivity index (χ0) is 15.2. The zero-order valence-electron chi connectivity index (χ0n) is 12.4. The van der Waals surface area contributed by atoms with E-state index in [4.69, 9.17) is 14.7 Å². The van der Waals surface area contributed by atoms with Crippen LogP contribution >= 0.6 is 11.3 Å². The zero-order valence-corrected chi connectivity index (χ0v) is 13.2. The molecule has 0 radical (unpaired) electrons. The average Bonchev–Trinajstić information content (AvgIpc) is 2.89. The van der Waals surface area contributed by atoms with Gasteiger partial charge in [-0.3, -0.25) is 0 Å². The molecule has 0 N–H and O–H groups in total. The van der Waals surface area contributed by atoms with Crippen molar-refractivity contribution in [3.8, 4) is 17.6 Å². The van der Waals surface area contributed by atoms with Crippen molar-refractivity contribution < 1.29 is 9.47 Å². The molecule has 0 aliphatic carbocycles. The lowest BCUT2D eigenvalue weighted by atomic mass is 10.1. The topological polar surface area (TPSA) is 55.1 Å². The van der Waals surface area contributed by atoms with Crippen LogP contribution in [0.2, 0.25) is 0 Å². The molecule has 1 aromatic carbocycles. The van der Waals surface area contributed by atoms with Crippen molar-refractivity contribution in [3.63, 3.8) is 0 Å². The smallest absolute Gasteiger partial charge is 0.140 e. The molecule has 5 heteroatoms. The summed E-state index contributed by atoms with van der Waals surface area (Å²) in [5.41, 5.74) is 1.01. The molecule has 0 saturated carbocycles. The molecule has 0 bridgehead atoms. The first-order valence-electron chi connectivity index (χ1n) is 6.76. The van der Waals surface area contributed by atoms with Crippen molar-refractivity contribution in [2.24, 2.45) is 0 Å². The Morgan fingerprint density at radius 1 is 1.24 bits per heavy atom. The van der Waals surface area contributed by atoms with Crippen LogP contribution in [0.3, 0.4) is 0 Å². The molecule has 0 unspecified atom stereocenters. The summed E-state index contributed by atoms with van der Waals surface area (Å²) in [7, 11) is 1.63. The molecular formula is C16H18N2O2S. The summed E-state index contributed by atoms with van der Waals surface area (Å²) >= 11 is 1.56. The first-order chi connectivity index (χ1) is 10.1. The van der Waals surface area contributed by atoms with E-state index in [-0.39, 0.29) is 0 Å². The van der Waals surface area contributed by atoms with E-state index in [1.807, 2.05) is 24.3 Å². The SMILES string of the molecule is COc1ccc(OCc2nc(C(C)C)c(CC#N)s2)cc1. The largest absolute Gasteiger partial charge is 0.497 e. The van der Waals surface area contributed by atoms with Crippen molar-refractivity contribution >= 4 is 11.3 Å². The number of nitrogens with zero attached hydrogens (tertiary/aromatic N) is 2. The Morgan fingerprint density at radius 2 is 1.90 bits per heavy atom. The Bertz CT molecular complexity index is 627. The summed E-state index contributed by atoms with van der Waals surface area (Å²) in [4.78, 5) is 5.64. The van der Waals surface area contributed by atoms with Gasteiger partial charge in [-0.1, -0.05) is 13.8 Å². The van der Waals surface area contributed by atoms with E-state index in [0.717, 1.165) is 27.1 Å². The average molecular weight is 302 g/mol. The van der Waals surface area contributed by atoms with E-state index in [2.05, 4.69) is 24.9 Å². The fraction of sp³-hybridized carbons (Fsp3) is 0.375. The standard InChI is InChI=1S/C16H18N2O2S/c1-11(2)16-14(8-9-17)21-15(18-16)10-20-13-6-4-12(19-3)5-7-13/h4-7,11H,8,10H2,1-3H3. The van der Waals surface area contributed by atoms with E-state index in [9.17, 15) is 0 Å².